The van der Waals surface area contributed by atoms with Gasteiger partial charge in [0.05, 0.1) is 25.0 Å². The summed E-state index contributed by atoms with van der Waals surface area (Å²) in [6.45, 7) is 2.36. The van der Waals surface area contributed by atoms with Crippen LogP contribution in [-0.4, -0.2) is 25.5 Å². The molecule has 0 aliphatic rings. The number of benzene rings is 2. The molecule has 2 amide bonds. The minimum atomic E-state index is -0.606. The van der Waals surface area contributed by atoms with Crippen molar-refractivity contribution in [3.05, 3.63) is 53.6 Å². The van der Waals surface area contributed by atoms with Crippen LogP contribution in [0.5, 0.6) is 11.5 Å². The predicted molar refractivity (Wildman–Crippen MR) is 87.1 cm³/mol. The summed E-state index contributed by atoms with van der Waals surface area (Å²) in [5, 5.41) is 2.67. The average Bonchev–Trinajstić information content (AvgIpc) is 2.55. The SMILES string of the molecule is CCOc1ccc(C(=O)Nc2ccccc2C(N)=O)cc1OC. The molecule has 0 fully saturated rings. The molecule has 120 valence electrons. The Bertz CT molecular complexity index is 728. The molecule has 0 aliphatic carbocycles. The zero-order valence-electron chi connectivity index (χ0n) is 13.0. The minimum absolute atomic E-state index is 0.249. The van der Waals surface area contributed by atoms with Gasteiger partial charge in [0.15, 0.2) is 11.5 Å². The maximum atomic E-state index is 12.4. The quantitative estimate of drug-likeness (QED) is 0.857. The number of carbonyl (C=O) groups is 2. The van der Waals surface area contributed by atoms with Gasteiger partial charge >= 0.3 is 0 Å². The highest BCUT2D eigenvalue weighted by molar-refractivity contribution is 6.08. The molecule has 0 aliphatic heterocycles. The number of ether oxygens (including phenoxy) is 2. The number of hydrogen-bond acceptors (Lipinski definition) is 4. The van der Waals surface area contributed by atoms with E-state index in [1.54, 1.807) is 42.5 Å². The molecule has 0 unspecified atom stereocenters. The van der Waals surface area contributed by atoms with E-state index in [0.717, 1.165) is 0 Å². The van der Waals surface area contributed by atoms with Crippen molar-refractivity contribution in [3.63, 3.8) is 0 Å². The molecule has 0 spiro atoms. The predicted octanol–water partition coefficient (Wildman–Crippen LogP) is 2.45. The van der Waals surface area contributed by atoms with Gasteiger partial charge in [-0.25, -0.2) is 0 Å². The van der Waals surface area contributed by atoms with Crippen molar-refractivity contribution in [2.75, 3.05) is 19.0 Å². The van der Waals surface area contributed by atoms with Gasteiger partial charge in [-0.15, -0.1) is 0 Å². The van der Waals surface area contributed by atoms with Crippen molar-refractivity contribution in [1.29, 1.82) is 0 Å². The standard InChI is InChI=1S/C17H18N2O4/c1-3-23-14-9-8-11(10-15(14)22-2)17(21)19-13-7-5-4-6-12(13)16(18)20/h4-10H,3H2,1-2H3,(H2,18,20)(H,19,21). The number of methoxy groups -OCH3 is 1. The van der Waals surface area contributed by atoms with Crippen LogP contribution in [0.25, 0.3) is 0 Å². The molecule has 23 heavy (non-hydrogen) atoms. The topological polar surface area (TPSA) is 90.6 Å². The van der Waals surface area contributed by atoms with Crippen LogP contribution < -0.4 is 20.5 Å². The van der Waals surface area contributed by atoms with E-state index < -0.39 is 5.91 Å². The Morgan fingerprint density at radius 2 is 1.87 bits per heavy atom. The van der Waals surface area contributed by atoms with E-state index in [2.05, 4.69) is 5.32 Å². The van der Waals surface area contributed by atoms with Crippen molar-refractivity contribution in [2.45, 2.75) is 6.92 Å². The van der Waals surface area contributed by atoms with Gasteiger partial charge in [0.2, 0.25) is 0 Å². The Balaban J connectivity index is 2.26. The molecule has 2 rings (SSSR count). The first-order valence-electron chi connectivity index (χ1n) is 7.07. The summed E-state index contributed by atoms with van der Waals surface area (Å²) in [6, 6.07) is 11.4. The monoisotopic (exact) mass is 314 g/mol. The van der Waals surface area contributed by atoms with Crippen molar-refractivity contribution >= 4 is 17.5 Å². The number of rotatable bonds is 6. The molecular formula is C17H18N2O4. The maximum Gasteiger partial charge on any atom is 0.255 e. The number of amides is 2. The third-order valence-electron chi connectivity index (χ3n) is 3.17. The lowest BCUT2D eigenvalue weighted by molar-refractivity contribution is 0.100. The molecule has 0 saturated carbocycles. The number of nitrogens with one attached hydrogen (secondary N) is 1. The van der Waals surface area contributed by atoms with Crippen LogP contribution in [0, 0.1) is 0 Å². The van der Waals surface area contributed by atoms with Gasteiger partial charge in [-0.2, -0.15) is 0 Å². The van der Waals surface area contributed by atoms with E-state index in [1.807, 2.05) is 6.92 Å². The minimum Gasteiger partial charge on any atom is -0.493 e. The molecule has 6 nitrogen and oxygen atoms in total. The molecule has 0 aromatic heterocycles. The van der Waals surface area contributed by atoms with Crippen LogP contribution >= 0.6 is 0 Å². The normalized spacial score (nSPS) is 10.0. The Morgan fingerprint density at radius 3 is 2.52 bits per heavy atom. The summed E-state index contributed by atoms with van der Waals surface area (Å²) in [6.07, 6.45) is 0. The summed E-state index contributed by atoms with van der Waals surface area (Å²) >= 11 is 0. The van der Waals surface area contributed by atoms with Crippen molar-refractivity contribution in [3.8, 4) is 11.5 Å². The van der Waals surface area contributed by atoms with E-state index in [9.17, 15) is 9.59 Å². The van der Waals surface area contributed by atoms with E-state index in [0.29, 0.717) is 29.4 Å². The van der Waals surface area contributed by atoms with Gasteiger partial charge in [-0.05, 0) is 37.3 Å². The van der Waals surface area contributed by atoms with E-state index >= 15 is 0 Å². The molecule has 3 N–H and O–H groups in total. The summed E-state index contributed by atoms with van der Waals surface area (Å²) in [5.74, 6) is 0.0389. The Hall–Kier alpha value is -3.02. The second-order valence-corrected chi connectivity index (χ2v) is 4.66. The first-order chi connectivity index (χ1) is 11.1. The lowest BCUT2D eigenvalue weighted by Gasteiger charge is -2.12. The molecule has 2 aromatic rings. The Morgan fingerprint density at radius 1 is 1.13 bits per heavy atom. The van der Waals surface area contributed by atoms with Gasteiger partial charge in [0.25, 0.3) is 11.8 Å². The lowest BCUT2D eigenvalue weighted by atomic mass is 10.1. The third-order valence-corrected chi connectivity index (χ3v) is 3.17. The largest absolute Gasteiger partial charge is 0.493 e. The average molecular weight is 314 g/mol. The fourth-order valence-electron chi connectivity index (χ4n) is 2.09. The van der Waals surface area contributed by atoms with Crippen LogP contribution in [0.1, 0.15) is 27.6 Å². The molecular weight excluding hydrogens is 296 g/mol. The van der Waals surface area contributed by atoms with Gasteiger partial charge < -0.3 is 20.5 Å². The zero-order valence-corrected chi connectivity index (χ0v) is 13.0. The Labute approximate surface area is 134 Å². The van der Waals surface area contributed by atoms with E-state index in [1.165, 1.54) is 7.11 Å². The maximum absolute atomic E-state index is 12.4. The highest BCUT2D eigenvalue weighted by Crippen LogP contribution is 2.28. The van der Waals surface area contributed by atoms with Gasteiger partial charge in [-0.1, -0.05) is 12.1 Å². The summed E-state index contributed by atoms with van der Waals surface area (Å²) < 4.78 is 10.6. The van der Waals surface area contributed by atoms with Crippen molar-refractivity contribution in [2.24, 2.45) is 5.73 Å². The van der Waals surface area contributed by atoms with Crippen LogP contribution in [0.4, 0.5) is 5.69 Å². The first-order valence-corrected chi connectivity index (χ1v) is 7.07. The van der Waals surface area contributed by atoms with Crippen LogP contribution in [0.3, 0.4) is 0 Å². The molecule has 0 atom stereocenters. The van der Waals surface area contributed by atoms with Crippen molar-refractivity contribution < 1.29 is 19.1 Å². The highest BCUT2D eigenvalue weighted by atomic mass is 16.5. The summed E-state index contributed by atoms with van der Waals surface area (Å²) in [4.78, 5) is 23.8. The summed E-state index contributed by atoms with van der Waals surface area (Å²) in [7, 11) is 1.50. The number of carbonyl (C=O) groups excluding carboxylic acids is 2. The fourth-order valence-corrected chi connectivity index (χ4v) is 2.09. The number of hydrogen-bond donors (Lipinski definition) is 2. The lowest BCUT2D eigenvalue weighted by Crippen LogP contribution is -2.18. The second kappa shape index (κ2) is 7.31. The van der Waals surface area contributed by atoms with Gasteiger partial charge in [-0.3, -0.25) is 9.59 Å². The van der Waals surface area contributed by atoms with Crippen LogP contribution in [-0.2, 0) is 0 Å². The molecule has 0 heterocycles. The smallest absolute Gasteiger partial charge is 0.255 e. The zero-order chi connectivity index (χ0) is 16.8. The fraction of sp³-hybridized carbons (Fsp3) is 0.176. The van der Waals surface area contributed by atoms with E-state index in [-0.39, 0.29) is 11.5 Å². The molecule has 0 saturated heterocycles. The number of anilines is 1. The van der Waals surface area contributed by atoms with Gasteiger partial charge in [0.1, 0.15) is 0 Å². The third kappa shape index (κ3) is 3.79. The number of nitrogens with two attached hydrogens (primary N) is 1. The van der Waals surface area contributed by atoms with E-state index in [4.69, 9.17) is 15.2 Å². The second-order valence-electron chi connectivity index (χ2n) is 4.66. The molecule has 6 heteroatoms. The Kier molecular flexibility index (Phi) is 5.19. The summed E-state index contributed by atoms with van der Waals surface area (Å²) in [5.41, 5.74) is 6.29. The highest BCUT2D eigenvalue weighted by Gasteiger charge is 2.14. The molecule has 2 aromatic carbocycles. The number of primary amides is 1. The van der Waals surface area contributed by atoms with Gasteiger partial charge in [0, 0.05) is 5.56 Å². The van der Waals surface area contributed by atoms with Crippen LogP contribution in [0.2, 0.25) is 0 Å². The van der Waals surface area contributed by atoms with Crippen LogP contribution in [0.15, 0.2) is 42.5 Å². The number of para-hydroxylation sites is 1. The molecule has 0 radical (unpaired) electrons. The first kappa shape index (κ1) is 16.4. The molecule has 0 bridgehead atoms. The van der Waals surface area contributed by atoms with Crippen molar-refractivity contribution in [1.82, 2.24) is 0 Å².